The van der Waals surface area contributed by atoms with Crippen LogP contribution in [0.3, 0.4) is 0 Å². The van der Waals surface area contributed by atoms with Crippen LogP contribution in [0.2, 0.25) is 5.02 Å². The maximum Gasteiger partial charge on any atom is 0.323 e. The quantitative estimate of drug-likeness (QED) is 0.672. The topological polar surface area (TPSA) is 77.2 Å². The van der Waals surface area contributed by atoms with E-state index >= 15 is 0 Å². The first-order valence-corrected chi connectivity index (χ1v) is 6.63. The predicted molar refractivity (Wildman–Crippen MR) is 79.2 cm³/mol. The average molecular weight is 359 g/mol. The lowest BCUT2D eigenvalue weighted by Gasteiger charge is -2.05. The summed E-state index contributed by atoms with van der Waals surface area (Å²) in [5.41, 5.74) is 0.697. The summed E-state index contributed by atoms with van der Waals surface area (Å²) >= 11 is 9.18. The van der Waals surface area contributed by atoms with Crippen molar-refractivity contribution in [2.45, 2.75) is 0 Å². The van der Waals surface area contributed by atoms with Crippen LogP contribution < -0.4 is 5.32 Å². The first-order chi connectivity index (χ1) is 9.40. The van der Waals surface area contributed by atoms with Gasteiger partial charge < -0.3 is 15.4 Å². The van der Waals surface area contributed by atoms with Crippen LogP contribution in [0.15, 0.2) is 34.8 Å². The Balaban J connectivity index is 2.24. The van der Waals surface area contributed by atoms with Gasteiger partial charge in [0.05, 0.1) is 12.1 Å². The molecule has 104 valence electrons. The Labute approximate surface area is 127 Å². The molecule has 0 fully saturated rings. The second kappa shape index (κ2) is 5.64. The molecule has 1 heterocycles. The molecule has 0 atom stereocenters. The molecule has 1 amide bonds. The van der Waals surface area contributed by atoms with Gasteiger partial charge >= 0.3 is 5.82 Å². The predicted octanol–water partition coefficient (Wildman–Crippen LogP) is 3.60. The van der Waals surface area contributed by atoms with E-state index < -0.39 is 10.8 Å². The highest BCUT2D eigenvalue weighted by atomic mass is 79.9. The molecule has 0 saturated carbocycles. The van der Waals surface area contributed by atoms with Crippen molar-refractivity contribution in [3.05, 3.63) is 55.6 Å². The Morgan fingerprint density at radius 3 is 2.65 bits per heavy atom. The molecule has 0 radical (unpaired) electrons. The van der Waals surface area contributed by atoms with Crippen molar-refractivity contribution in [1.29, 1.82) is 0 Å². The molecule has 0 saturated heterocycles. The van der Waals surface area contributed by atoms with Crippen LogP contribution in [-0.2, 0) is 7.05 Å². The number of amides is 1. The lowest BCUT2D eigenvalue weighted by molar-refractivity contribution is -0.391. The van der Waals surface area contributed by atoms with Crippen molar-refractivity contribution >= 4 is 44.9 Å². The minimum atomic E-state index is -0.548. The first kappa shape index (κ1) is 14.5. The Kier molecular flexibility index (Phi) is 4.10. The minimum absolute atomic E-state index is 0.149. The largest absolute Gasteiger partial charge is 0.358 e. The summed E-state index contributed by atoms with van der Waals surface area (Å²) in [6.45, 7) is 0. The lowest BCUT2D eigenvalue weighted by Crippen LogP contribution is -2.16. The first-order valence-electron chi connectivity index (χ1n) is 5.46. The van der Waals surface area contributed by atoms with Crippen LogP contribution in [0.25, 0.3) is 0 Å². The molecule has 1 aromatic heterocycles. The van der Waals surface area contributed by atoms with Gasteiger partial charge in [-0.3, -0.25) is 4.79 Å². The third-order valence-corrected chi connectivity index (χ3v) is 3.92. The summed E-state index contributed by atoms with van der Waals surface area (Å²) in [6, 6.07) is 7.63. The van der Waals surface area contributed by atoms with Crippen molar-refractivity contribution < 1.29 is 9.72 Å². The van der Waals surface area contributed by atoms with Crippen LogP contribution in [-0.4, -0.2) is 15.4 Å². The number of hydrogen-bond acceptors (Lipinski definition) is 3. The normalized spacial score (nSPS) is 10.3. The van der Waals surface area contributed by atoms with Crippen LogP contribution in [0, 0.1) is 10.1 Å². The highest BCUT2D eigenvalue weighted by Gasteiger charge is 2.20. The third kappa shape index (κ3) is 2.83. The maximum absolute atomic E-state index is 12.1. The molecular weight excluding hydrogens is 350 g/mol. The zero-order valence-corrected chi connectivity index (χ0v) is 12.6. The van der Waals surface area contributed by atoms with E-state index in [-0.39, 0.29) is 11.5 Å². The fourth-order valence-corrected chi connectivity index (χ4v) is 2.11. The number of nitrogens with one attached hydrogen (secondary N) is 1. The van der Waals surface area contributed by atoms with Gasteiger partial charge in [-0.15, -0.1) is 0 Å². The van der Waals surface area contributed by atoms with Crippen molar-refractivity contribution in [3.63, 3.8) is 0 Å². The Bertz CT molecular complexity index is 699. The highest BCUT2D eigenvalue weighted by molar-refractivity contribution is 9.10. The number of halogens is 2. The molecule has 2 aromatic rings. The molecule has 1 aromatic carbocycles. The molecule has 0 aliphatic heterocycles. The van der Waals surface area contributed by atoms with Crippen molar-refractivity contribution in [2.75, 3.05) is 5.32 Å². The van der Waals surface area contributed by atoms with Gasteiger partial charge in [-0.25, -0.2) is 4.57 Å². The molecule has 20 heavy (non-hydrogen) atoms. The summed E-state index contributed by atoms with van der Waals surface area (Å²) in [6.07, 6.45) is 0. The molecule has 8 heteroatoms. The van der Waals surface area contributed by atoms with Gasteiger partial charge in [0.15, 0.2) is 5.69 Å². The Hall–Kier alpha value is -1.86. The zero-order valence-electron chi connectivity index (χ0n) is 10.3. The number of anilines is 1. The lowest BCUT2D eigenvalue weighted by atomic mass is 10.3. The minimum Gasteiger partial charge on any atom is -0.358 e. The van der Waals surface area contributed by atoms with Gasteiger partial charge in [0.25, 0.3) is 5.91 Å². The number of hydrogen-bond donors (Lipinski definition) is 1. The summed E-state index contributed by atoms with van der Waals surface area (Å²) in [4.78, 5) is 22.2. The van der Waals surface area contributed by atoms with Crippen LogP contribution in [0.4, 0.5) is 11.5 Å². The standard InChI is InChI=1S/C12H9BrClN3O3/c1-16-10(4-5-11(16)17(19)20)12(18)15-7-2-3-8(13)9(14)6-7/h2-6H,1H3,(H,15,18). The molecule has 2 rings (SSSR count). The van der Waals surface area contributed by atoms with Crippen molar-refractivity contribution in [3.8, 4) is 0 Å². The number of nitro groups is 1. The van der Waals surface area contributed by atoms with Crippen LogP contribution in [0.5, 0.6) is 0 Å². The monoisotopic (exact) mass is 357 g/mol. The Morgan fingerprint density at radius 1 is 1.40 bits per heavy atom. The van der Waals surface area contributed by atoms with Crippen LogP contribution in [0.1, 0.15) is 10.5 Å². The summed E-state index contributed by atoms with van der Waals surface area (Å²) in [5.74, 6) is -0.594. The van der Waals surface area contributed by atoms with Gasteiger partial charge in [0.2, 0.25) is 0 Å². The zero-order chi connectivity index (χ0) is 14.9. The molecule has 0 aliphatic carbocycles. The smallest absolute Gasteiger partial charge is 0.323 e. The fourth-order valence-electron chi connectivity index (χ4n) is 1.68. The van der Waals surface area contributed by atoms with Crippen LogP contribution >= 0.6 is 27.5 Å². The fraction of sp³-hybridized carbons (Fsp3) is 0.0833. The summed E-state index contributed by atoms with van der Waals surface area (Å²) < 4.78 is 1.93. The SMILES string of the molecule is Cn1c(C(=O)Nc2ccc(Br)c(Cl)c2)ccc1[N+](=O)[O-]. The van der Waals surface area contributed by atoms with E-state index in [1.165, 1.54) is 23.7 Å². The maximum atomic E-state index is 12.1. The van der Waals surface area contributed by atoms with E-state index in [1.807, 2.05) is 0 Å². The van der Waals surface area contributed by atoms with E-state index in [0.29, 0.717) is 15.2 Å². The molecular formula is C12H9BrClN3O3. The second-order valence-electron chi connectivity index (χ2n) is 3.98. The third-order valence-electron chi connectivity index (χ3n) is 2.69. The van der Waals surface area contributed by atoms with E-state index in [0.717, 1.165) is 0 Å². The van der Waals surface area contributed by atoms with Crippen molar-refractivity contribution in [2.24, 2.45) is 7.05 Å². The molecule has 6 nitrogen and oxygen atoms in total. The van der Waals surface area contributed by atoms with Gasteiger partial charge in [-0.05, 0) is 45.1 Å². The van der Waals surface area contributed by atoms with E-state index in [2.05, 4.69) is 21.2 Å². The second-order valence-corrected chi connectivity index (χ2v) is 5.24. The van der Waals surface area contributed by atoms with Gasteiger partial charge in [-0.1, -0.05) is 11.6 Å². The number of carbonyl (C=O) groups excluding carboxylic acids is 1. The molecule has 1 N–H and O–H groups in total. The molecule has 0 spiro atoms. The number of nitrogens with zero attached hydrogens (tertiary/aromatic N) is 2. The van der Waals surface area contributed by atoms with E-state index in [9.17, 15) is 14.9 Å². The van der Waals surface area contributed by atoms with Gasteiger partial charge in [-0.2, -0.15) is 0 Å². The highest BCUT2D eigenvalue weighted by Crippen LogP contribution is 2.26. The van der Waals surface area contributed by atoms with E-state index in [1.54, 1.807) is 18.2 Å². The van der Waals surface area contributed by atoms with E-state index in [4.69, 9.17) is 11.6 Å². The number of aromatic nitrogens is 1. The summed E-state index contributed by atoms with van der Waals surface area (Å²) in [7, 11) is 1.46. The molecule has 0 bridgehead atoms. The molecule has 0 aliphatic rings. The van der Waals surface area contributed by atoms with Crippen molar-refractivity contribution in [1.82, 2.24) is 4.57 Å². The molecule has 0 unspecified atom stereocenters. The summed E-state index contributed by atoms with van der Waals surface area (Å²) in [5, 5.41) is 13.8. The number of carbonyl (C=O) groups is 1. The van der Waals surface area contributed by atoms with Gasteiger partial charge in [0, 0.05) is 16.2 Å². The van der Waals surface area contributed by atoms with Gasteiger partial charge in [0.1, 0.15) is 0 Å². The Morgan fingerprint density at radius 2 is 2.10 bits per heavy atom. The number of rotatable bonds is 3. The number of benzene rings is 1. The average Bonchev–Trinajstić information content (AvgIpc) is 2.76.